The van der Waals surface area contributed by atoms with E-state index in [0.717, 1.165) is 5.56 Å². The molecule has 0 saturated heterocycles. The second kappa shape index (κ2) is 5.48. The van der Waals surface area contributed by atoms with Crippen LogP contribution in [0.5, 0.6) is 0 Å². The summed E-state index contributed by atoms with van der Waals surface area (Å²) in [4.78, 5) is 11.8. The third kappa shape index (κ3) is 2.57. The van der Waals surface area contributed by atoms with Crippen molar-refractivity contribution < 1.29 is 9.18 Å². The molecule has 0 spiro atoms. The van der Waals surface area contributed by atoms with Gasteiger partial charge in [0.2, 0.25) is 5.91 Å². The zero-order valence-corrected chi connectivity index (χ0v) is 11.7. The maximum atomic E-state index is 13.9. The lowest BCUT2D eigenvalue weighted by Crippen LogP contribution is -2.24. The molecule has 0 fully saturated rings. The SMILES string of the molecule is CC(=O)N1N=C(c2ccccc2F)CC1c1ccccc1. The fourth-order valence-corrected chi connectivity index (χ4v) is 2.59. The predicted molar refractivity (Wildman–Crippen MR) is 79.3 cm³/mol. The molecule has 106 valence electrons. The number of nitrogens with zero attached hydrogens (tertiary/aromatic N) is 2. The minimum Gasteiger partial charge on any atom is -0.273 e. The quantitative estimate of drug-likeness (QED) is 0.829. The first-order chi connectivity index (χ1) is 10.2. The van der Waals surface area contributed by atoms with Gasteiger partial charge in [0.05, 0.1) is 11.8 Å². The lowest BCUT2D eigenvalue weighted by atomic mass is 9.98. The van der Waals surface area contributed by atoms with Crippen LogP contribution in [-0.4, -0.2) is 16.6 Å². The summed E-state index contributed by atoms with van der Waals surface area (Å²) in [5, 5.41) is 5.78. The molecule has 1 aliphatic heterocycles. The van der Waals surface area contributed by atoms with Gasteiger partial charge >= 0.3 is 0 Å². The van der Waals surface area contributed by atoms with Crippen molar-refractivity contribution in [2.75, 3.05) is 0 Å². The minimum absolute atomic E-state index is 0.143. The summed E-state index contributed by atoms with van der Waals surface area (Å²) in [6, 6.07) is 16.0. The first-order valence-electron chi connectivity index (χ1n) is 6.84. The van der Waals surface area contributed by atoms with Crippen molar-refractivity contribution in [1.82, 2.24) is 5.01 Å². The molecular formula is C17H15FN2O. The van der Waals surface area contributed by atoms with Gasteiger partial charge in [0.25, 0.3) is 0 Å². The number of carbonyl (C=O) groups is 1. The van der Waals surface area contributed by atoms with Gasteiger partial charge in [-0.3, -0.25) is 4.79 Å². The largest absolute Gasteiger partial charge is 0.273 e. The summed E-state index contributed by atoms with van der Waals surface area (Å²) >= 11 is 0. The molecule has 0 radical (unpaired) electrons. The summed E-state index contributed by atoms with van der Waals surface area (Å²) < 4.78 is 13.9. The van der Waals surface area contributed by atoms with Crippen LogP contribution in [0, 0.1) is 5.82 Å². The number of hydrogen-bond acceptors (Lipinski definition) is 2. The number of halogens is 1. The molecule has 3 rings (SSSR count). The molecule has 21 heavy (non-hydrogen) atoms. The second-order valence-electron chi connectivity index (χ2n) is 5.02. The fourth-order valence-electron chi connectivity index (χ4n) is 2.59. The Labute approximate surface area is 122 Å². The first-order valence-corrected chi connectivity index (χ1v) is 6.84. The maximum absolute atomic E-state index is 13.9. The van der Waals surface area contributed by atoms with Gasteiger partial charge in [-0.15, -0.1) is 0 Å². The highest BCUT2D eigenvalue weighted by molar-refractivity contribution is 6.03. The van der Waals surface area contributed by atoms with E-state index in [1.165, 1.54) is 18.0 Å². The number of amides is 1. The van der Waals surface area contributed by atoms with Gasteiger partial charge in [-0.25, -0.2) is 9.40 Å². The van der Waals surface area contributed by atoms with E-state index in [2.05, 4.69) is 5.10 Å². The summed E-state index contributed by atoms with van der Waals surface area (Å²) in [7, 11) is 0. The molecule has 0 aromatic heterocycles. The molecule has 2 aromatic rings. The summed E-state index contributed by atoms with van der Waals surface area (Å²) in [5.41, 5.74) is 2.07. The molecule has 0 saturated carbocycles. The Balaban J connectivity index is 1.98. The number of hydrazone groups is 1. The van der Waals surface area contributed by atoms with E-state index in [1.807, 2.05) is 30.3 Å². The van der Waals surface area contributed by atoms with Crippen molar-refractivity contribution in [2.24, 2.45) is 5.10 Å². The van der Waals surface area contributed by atoms with Crippen LogP contribution in [0.2, 0.25) is 0 Å². The van der Waals surface area contributed by atoms with Gasteiger partial charge in [-0.2, -0.15) is 5.10 Å². The highest BCUT2D eigenvalue weighted by atomic mass is 19.1. The molecule has 0 aliphatic carbocycles. The van der Waals surface area contributed by atoms with Crippen LogP contribution >= 0.6 is 0 Å². The van der Waals surface area contributed by atoms with Gasteiger partial charge in [-0.1, -0.05) is 48.5 Å². The monoisotopic (exact) mass is 282 g/mol. The van der Waals surface area contributed by atoms with Gasteiger partial charge in [0, 0.05) is 18.9 Å². The number of carbonyl (C=O) groups excluding carboxylic acids is 1. The Morgan fingerprint density at radius 3 is 2.48 bits per heavy atom. The highest BCUT2D eigenvalue weighted by Gasteiger charge is 2.31. The van der Waals surface area contributed by atoms with E-state index in [1.54, 1.807) is 18.2 Å². The van der Waals surface area contributed by atoms with Gasteiger partial charge < -0.3 is 0 Å². The summed E-state index contributed by atoms with van der Waals surface area (Å²) in [6.07, 6.45) is 0.518. The molecule has 1 aliphatic rings. The normalized spacial score (nSPS) is 17.7. The lowest BCUT2D eigenvalue weighted by molar-refractivity contribution is -0.130. The van der Waals surface area contributed by atoms with Crippen LogP contribution in [0.15, 0.2) is 59.7 Å². The molecule has 1 amide bonds. The lowest BCUT2D eigenvalue weighted by Gasteiger charge is -2.20. The van der Waals surface area contributed by atoms with Crippen molar-refractivity contribution in [2.45, 2.75) is 19.4 Å². The standard InChI is InChI=1S/C17H15FN2O/c1-12(21)20-17(13-7-3-2-4-8-13)11-16(19-20)14-9-5-6-10-15(14)18/h2-10,17H,11H2,1H3. The Kier molecular flexibility index (Phi) is 3.52. The topological polar surface area (TPSA) is 32.7 Å². The van der Waals surface area contributed by atoms with E-state index in [9.17, 15) is 9.18 Å². The van der Waals surface area contributed by atoms with Gasteiger partial charge in [0.1, 0.15) is 5.82 Å². The van der Waals surface area contributed by atoms with Crippen molar-refractivity contribution in [1.29, 1.82) is 0 Å². The Morgan fingerprint density at radius 1 is 1.14 bits per heavy atom. The molecule has 4 heteroatoms. The van der Waals surface area contributed by atoms with E-state index >= 15 is 0 Å². The fraction of sp³-hybridized carbons (Fsp3) is 0.176. The third-order valence-electron chi connectivity index (χ3n) is 3.60. The van der Waals surface area contributed by atoms with Crippen LogP contribution in [0.4, 0.5) is 4.39 Å². The van der Waals surface area contributed by atoms with Crippen molar-refractivity contribution in [3.63, 3.8) is 0 Å². The van der Waals surface area contributed by atoms with E-state index in [0.29, 0.717) is 17.7 Å². The van der Waals surface area contributed by atoms with Gasteiger partial charge in [0.15, 0.2) is 0 Å². The van der Waals surface area contributed by atoms with Crippen molar-refractivity contribution >= 4 is 11.6 Å². The molecule has 1 heterocycles. The molecule has 3 nitrogen and oxygen atoms in total. The summed E-state index contributed by atoms with van der Waals surface area (Å²) in [5.74, 6) is -0.455. The molecular weight excluding hydrogens is 267 g/mol. The first kappa shape index (κ1) is 13.5. The van der Waals surface area contributed by atoms with Crippen LogP contribution in [0.1, 0.15) is 30.5 Å². The number of benzene rings is 2. The molecule has 0 N–H and O–H groups in total. The zero-order chi connectivity index (χ0) is 14.8. The highest BCUT2D eigenvalue weighted by Crippen LogP contribution is 2.33. The average molecular weight is 282 g/mol. The minimum atomic E-state index is -0.312. The maximum Gasteiger partial charge on any atom is 0.240 e. The predicted octanol–water partition coefficient (Wildman–Crippen LogP) is 3.52. The van der Waals surface area contributed by atoms with Gasteiger partial charge in [-0.05, 0) is 11.6 Å². The zero-order valence-electron chi connectivity index (χ0n) is 11.7. The molecule has 2 aromatic carbocycles. The van der Waals surface area contributed by atoms with Crippen molar-refractivity contribution in [3.8, 4) is 0 Å². The summed E-state index contributed by atoms with van der Waals surface area (Å²) in [6.45, 7) is 1.48. The Hall–Kier alpha value is -2.49. The Bertz CT molecular complexity index is 697. The average Bonchev–Trinajstić information content (AvgIpc) is 2.94. The van der Waals surface area contributed by atoms with E-state index in [-0.39, 0.29) is 17.8 Å². The molecule has 1 unspecified atom stereocenters. The number of hydrogen-bond donors (Lipinski definition) is 0. The van der Waals surface area contributed by atoms with Crippen LogP contribution in [0.25, 0.3) is 0 Å². The van der Waals surface area contributed by atoms with E-state index < -0.39 is 0 Å². The van der Waals surface area contributed by atoms with E-state index in [4.69, 9.17) is 0 Å². The van der Waals surface area contributed by atoms with Crippen molar-refractivity contribution in [3.05, 3.63) is 71.5 Å². The molecule has 1 atom stereocenters. The molecule has 0 bridgehead atoms. The third-order valence-corrected chi connectivity index (χ3v) is 3.60. The second-order valence-corrected chi connectivity index (χ2v) is 5.02. The van der Waals surface area contributed by atoms with Crippen LogP contribution in [0.3, 0.4) is 0 Å². The van der Waals surface area contributed by atoms with Crippen LogP contribution < -0.4 is 0 Å². The van der Waals surface area contributed by atoms with Crippen LogP contribution in [-0.2, 0) is 4.79 Å². The Morgan fingerprint density at radius 2 is 1.81 bits per heavy atom. The smallest absolute Gasteiger partial charge is 0.240 e. The number of rotatable bonds is 2.